The van der Waals surface area contributed by atoms with Gasteiger partial charge in [0.15, 0.2) is 0 Å². The normalized spacial score (nSPS) is 18.1. The third-order valence-electron chi connectivity index (χ3n) is 3.14. The Morgan fingerprint density at radius 2 is 2.20 bits per heavy atom. The predicted molar refractivity (Wildman–Crippen MR) is 65.0 cm³/mol. The Hall–Kier alpha value is -0.640. The maximum atomic E-state index is 4.32. The average molecular weight is 270 g/mol. The van der Waals surface area contributed by atoms with Gasteiger partial charge in [0.1, 0.15) is 12.1 Å². The first kappa shape index (κ1) is 10.9. The van der Waals surface area contributed by atoms with Crippen molar-refractivity contribution in [2.45, 2.75) is 26.2 Å². The first-order chi connectivity index (χ1) is 7.31. The summed E-state index contributed by atoms with van der Waals surface area (Å²) in [5, 5.41) is 0. The van der Waals surface area contributed by atoms with E-state index in [1.807, 2.05) is 6.20 Å². The second-order valence-electron chi connectivity index (χ2n) is 4.03. The highest BCUT2D eigenvalue weighted by atomic mass is 79.9. The van der Waals surface area contributed by atoms with Crippen LogP contribution in [-0.4, -0.2) is 23.1 Å². The molecule has 1 aromatic heterocycles. The number of hydrogen-bond donors (Lipinski definition) is 0. The molecular weight excluding hydrogens is 254 g/mol. The second kappa shape index (κ2) is 4.92. The second-order valence-corrected chi connectivity index (χ2v) is 4.89. The van der Waals surface area contributed by atoms with E-state index >= 15 is 0 Å². The summed E-state index contributed by atoms with van der Waals surface area (Å²) >= 11 is 3.50. The number of rotatable bonds is 2. The summed E-state index contributed by atoms with van der Waals surface area (Å²) in [5.74, 6) is 1.95. The fourth-order valence-corrected chi connectivity index (χ4v) is 2.56. The number of nitrogens with zero attached hydrogens (tertiary/aromatic N) is 3. The van der Waals surface area contributed by atoms with Gasteiger partial charge in [-0.1, -0.05) is 13.3 Å². The smallest absolute Gasteiger partial charge is 0.146 e. The Kier molecular flexibility index (Phi) is 3.57. The molecule has 0 radical (unpaired) electrons. The van der Waals surface area contributed by atoms with Crippen molar-refractivity contribution in [3.63, 3.8) is 0 Å². The van der Waals surface area contributed by atoms with Crippen LogP contribution in [0.4, 0.5) is 5.82 Å². The summed E-state index contributed by atoms with van der Waals surface area (Å²) in [6.45, 7) is 4.52. The van der Waals surface area contributed by atoms with Gasteiger partial charge >= 0.3 is 0 Å². The summed E-state index contributed by atoms with van der Waals surface area (Å²) in [4.78, 5) is 10.7. The minimum atomic E-state index is 0.905. The lowest BCUT2D eigenvalue weighted by Gasteiger charge is -2.32. The van der Waals surface area contributed by atoms with Crippen LogP contribution >= 0.6 is 15.9 Å². The van der Waals surface area contributed by atoms with Gasteiger partial charge in [-0.05, 0) is 34.7 Å². The fraction of sp³-hybridized carbons (Fsp3) is 0.636. The van der Waals surface area contributed by atoms with E-state index in [-0.39, 0.29) is 0 Å². The van der Waals surface area contributed by atoms with Gasteiger partial charge in [0.2, 0.25) is 0 Å². The van der Waals surface area contributed by atoms with Crippen molar-refractivity contribution in [2.75, 3.05) is 18.0 Å². The lowest BCUT2D eigenvalue weighted by atomic mass is 9.94. The summed E-state index contributed by atoms with van der Waals surface area (Å²) in [7, 11) is 0. The number of hydrogen-bond acceptors (Lipinski definition) is 3. The van der Waals surface area contributed by atoms with E-state index in [2.05, 4.69) is 37.7 Å². The van der Waals surface area contributed by atoms with Crippen LogP contribution in [0.2, 0.25) is 0 Å². The molecule has 1 aromatic rings. The van der Waals surface area contributed by atoms with Crippen molar-refractivity contribution in [2.24, 2.45) is 5.92 Å². The Bertz CT molecular complexity index is 321. The Balaban J connectivity index is 2.04. The van der Waals surface area contributed by atoms with Crippen molar-refractivity contribution in [1.29, 1.82) is 0 Å². The molecule has 3 nitrogen and oxygen atoms in total. The molecule has 1 saturated heterocycles. The van der Waals surface area contributed by atoms with E-state index in [1.165, 1.54) is 19.3 Å². The van der Waals surface area contributed by atoms with Crippen molar-refractivity contribution in [3.8, 4) is 0 Å². The van der Waals surface area contributed by atoms with Crippen molar-refractivity contribution >= 4 is 21.7 Å². The summed E-state index contributed by atoms with van der Waals surface area (Å²) in [6.07, 6.45) is 7.30. The maximum absolute atomic E-state index is 4.32. The molecule has 0 spiro atoms. The van der Waals surface area contributed by atoms with E-state index in [4.69, 9.17) is 0 Å². The van der Waals surface area contributed by atoms with Crippen LogP contribution in [0, 0.1) is 5.92 Å². The first-order valence-electron chi connectivity index (χ1n) is 5.51. The standard InChI is InChI=1S/C11H16BrN3/c1-2-9-3-5-15(6-4-9)11-10(12)7-13-8-14-11/h7-9H,2-6H2,1H3. The molecule has 0 saturated carbocycles. The zero-order valence-electron chi connectivity index (χ0n) is 8.99. The van der Waals surface area contributed by atoms with Gasteiger partial charge < -0.3 is 4.90 Å². The molecule has 0 bridgehead atoms. The predicted octanol–water partition coefficient (Wildman–Crippen LogP) is 2.87. The van der Waals surface area contributed by atoms with Crippen molar-refractivity contribution in [1.82, 2.24) is 9.97 Å². The van der Waals surface area contributed by atoms with Crippen molar-refractivity contribution < 1.29 is 0 Å². The van der Waals surface area contributed by atoms with Crippen LogP contribution in [0.1, 0.15) is 26.2 Å². The molecule has 15 heavy (non-hydrogen) atoms. The molecule has 2 rings (SSSR count). The Labute approximate surface area is 99.0 Å². The highest BCUT2D eigenvalue weighted by Crippen LogP contribution is 2.27. The molecule has 1 fully saturated rings. The van der Waals surface area contributed by atoms with Crippen LogP contribution in [-0.2, 0) is 0 Å². The van der Waals surface area contributed by atoms with E-state index in [0.717, 1.165) is 29.3 Å². The molecule has 0 aromatic carbocycles. The molecule has 2 heterocycles. The van der Waals surface area contributed by atoms with Crippen molar-refractivity contribution in [3.05, 3.63) is 17.0 Å². The van der Waals surface area contributed by atoms with Gasteiger partial charge in [0, 0.05) is 19.3 Å². The average Bonchev–Trinajstić information content (AvgIpc) is 2.30. The largest absolute Gasteiger partial charge is 0.356 e. The number of anilines is 1. The highest BCUT2D eigenvalue weighted by Gasteiger charge is 2.20. The van der Waals surface area contributed by atoms with Gasteiger partial charge in [-0.15, -0.1) is 0 Å². The zero-order chi connectivity index (χ0) is 10.7. The van der Waals surface area contributed by atoms with Crippen LogP contribution in [0.3, 0.4) is 0 Å². The van der Waals surface area contributed by atoms with Gasteiger partial charge in [-0.25, -0.2) is 9.97 Å². The van der Waals surface area contributed by atoms with Crippen LogP contribution < -0.4 is 4.90 Å². The minimum Gasteiger partial charge on any atom is -0.356 e. The van der Waals surface area contributed by atoms with E-state index in [0.29, 0.717) is 0 Å². The lowest BCUT2D eigenvalue weighted by molar-refractivity contribution is 0.393. The molecule has 4 heteroatoms. The summed E-state index contributed by atoms with van der Waals surface area (Å²) < 4.78 is 1.000. The van der Waals surface area contributed by atoms with Gasteiger partial charge in [0.25, 0.3) is 0 Å². The molecule has 0 atom stereocenters. The summed E-state index contributed by atoms with van der Waals surface area (Å²) in [5.41, 5.74) is 0. The minimum absolute atomic E-state index is 0.905. The number of piperidine rings is 1. The molecule has 82 valence electrons. The zero-order valence-corrected chi connectivity index (χ0v) is 10.6. The molecular formula is C11H16BrN3. The fourth-order valence-electron chi connectivity index (χ4n) is 2.09. The highest BCUT2D eigenvalue weighted by molar-refractivity contribution is 9.10. The van der Waals surface area contributed by atoms with E-state index in [9.17, 15) is 0 Å². The van der Waals surface area contributed by atoms with E-state index < -0.39 is 0 Å². The molecule has 0 unspecified atom stereocenters. The first-order valence-corrected chi connectivity index (χ1v) is 6.31. The summed E-state index contributed by atoms with van der Waals surface area (Å²) in [6, 6.07) is 0. The monoisotopic (exact) mass is 269 g/mol. The number of aromatic nitrogens is 2. The third-order valence-corrected chi connectivity index (χ3v) is 3.70. The lowest BCUT2D eigenvalue weighted by Crippen LogP contribution is -2.34. The van der Waals surface area contributed by atoms with Crippen LogP contribution in [0.15, 0.2) is 17.0 Å². The Morgan fingerprint density at radius 3 is 2.80 bits per heavy atom. The molecule has 0 N–H and O–H groups in total. The molecule has 0 amide bonds. The van der Waals surface area contributed by atoms with Crippen LogP contribution in [0.5, 0.6) is 0 Å². The maximum Gasteiger partial charge on any atom is 0.146 e. The van der Waals surface area contributed by atoms with E-state index in [1.54, 1.807) is 6.33 Å². The quantitative estimate of drug-likeness (QED) is 0.827. The van der Waals surface area contributed by atoms with Gasteiger partial charge in [-0.3, -0.25) is 0 Å². The molecule has 1 aliphatic rings. The third kappa shape index (κ3) is 2.48. The Morgan fingerprint density at radius 1 is 1.47 bits per heavy atom. The van der Waals surface area contributed by atoms with Crippen LogP contribution in [0.25, 0.3) is 0 Å². The molecule has 0 aliphatic carbocycles. The van der Waals surface area contributed by atoms with Gasteiger partial charge in [-0.2, -0.15) is 0 Å². The molecule has 1 aliphatic heterocycles. The topological polar surface area (TPSA) is 29.0 Å². The number of halogens is 1. The van der Waals surface area contributed by atoms with Gasteiger partial charge in [0.05, 0.1) is 4.47 Å². The SMILES string of the molecule is CCC1CCN(c2ncncc2Br)CC1.